The number of halogens is 1. The summed E-state index contributed by atoms with van der Waals surface area (Å²) in [4.78, 5) is 13.9. The van der Waals surface area contributed by atoms with E-state index in [1.165, 1.54) is 0 Å². The molecule has 0 radical (unpaired) electrons. The first kappa shape index (κ1) is 16.9. The minimum atomic E-state index is 0.0221. The Labute approximate surface area is 133 Å². The lowest BCUT2D eigenvalue weighted by molar-refractivity contribution is -0.130. The Balaban J connectivity index is 2.38. The lowest BCUT2D eigenvalue weighted by Crippen LogP contribution is -2.30. The van der Waals surface area contributed by atoms with Gasteiger partial charge in [0.1, 0.15) is 5.75 Å². The van der Waals surface area contributed by atoms with E-state index in [-0.39, 0.29) is 5.91 Å². The van der Waals surface area contributed by atoms with Crippen molar-refractivity contribution in [2.24, 2.45) is 5.73 Å². The van der Waals surface area contributed by atoms with Crippen molar-refractivity contribution in [3.05, 3.63) is 28.2 Å². The van der Waals surface area contributed by atoms with E-state index in [4.69, 9.17) is 22.7 Å². The van der Waals surface area contributed by atoms with Crippen LogP contribution in [0.5, 0.6) is 5.75 Å². The van der Waals surface area contributed by atoms with Crippen LogP contribution >= 0.6 is 28.1 Å². The van der Waals surface area contributed by atoms with Gasteiger partial charge >= 0.3 is 0 Å². The number of ether oxygens (including phenoxy) is 1. The van der Waals surface area contributed by atoms with Gasteiger partial charge in [0.25, 0.3) is 0 Å². The monoisotopic (exact) mass is 358 g/mol. The van der Waals surface area contributed by atoms with Crippen LogP contribution in [0.15, 0.2) is 22.7 Å². The van der Waals surface area contributed by atoms with Gasteiger partial charge in [0.05, 0.1) is 18.0 Å². The van der Waals surface area contributed by atoms with E-state index >= 15 is 0 Å². The van der Waals surface area contributed by atoms with Gasteiger partial charge in [-0.1, -0.05) is 34.2 Å². The zero-order valence-corrected chi connectivity index (χ0v) is 14.1. The molecule has 0 aliphatic rings. The first-order chi connectivity index (χ1) is 9.40. The minimum absolute atomic E-state index is 0.0221. The van der Waals surface area contributed by atoms with Gasteiger partial charge in [0.2, 0.25) is 5.91 Å². The van der Waals surface area contributed by atoms with Crippen LogP contribution in [0.1, 0.15) is 18.4 Å². The number of hydrogen-bond acceptors (Lipinski definition) is 3. The highest BCUT2D eigenvalue weighted by Crippen LogP contribution is 2.22. The number of benzene rings is 1. The summed E-state index contributed by atoms with van der Waals surface area (Å²) in [5, 5.41) is 0. The number of carbonyl (C=O) groups is 1. The van der Waals surface area contributed by atoms with Crippen molar-refractivity contribution in [1.29, 1.82) is 0 Å². The van der Waals surface area contributed by atoms with Crippen molar-refractivity contribution < 1.29 is 9.53 Å². The third-order valence-corrected chi connectivity index (χ3v) is 3.54. The molecule has 0 saturated heterocycles. The van der Waals surface area contributed by atoms with Crippen LogP contribution in [0.2, 0.25) is 0 Å². The summed E-state index contributed by atoms with van der Waals surface area (Å²) < 4.78 is 6.59. The third kappa shape index (κ3) is 5.88. The zero-order chi connectivity index (χ0) is 15.1. The molecule has 4 nitrogen and oxygen atoms in total. The van der Waals surface area contributed by atoms with Crippen LogP contribution in [0, 0.1) is 6.92 Å². The molecule has 1 aromatic rings. The van der Waals surface area contributed by atoms with Crippen LogP contribution in [0.3, 0.4) is 0 Å². The maximum atomic E-state index is 11.9. The molecule has 0 atom stereocenters. The summed E-state index contributed by atoms with van der Waals surface area (Å²) in [6.45, 7) is 2.87. The standard InChI is InChI=1S/C14H19BrN2O2S/c1-10-3-4-11(15)9-12(10)19-8-6-14(18)17(2)7-5-13(16)20/h3-4,9H,5-8H2,1-2H3,(H2,16,20). The summed E-state index contributed by atoms with van der Waals surface area (Å²) in [5.74, 6) is 0.812. The van der Waals surface area contributed by atoms with Gasteiger partial charge < -0.3 is 15.4 Å². The number of nitrogens with zero attached hydrogens (tertiary/aromatic N) is 1. The molecule has 0 aromatic heterocycles. The third-order valence-electron chi connectivity index (χ3n) is 2.84. The van der Waals surface area contributed by atoms with E-state index in [1.807, 2.05) is 25.1 Å². The van der Waals surface area contributed by atoms with Crippen molar-refractivity contribution in [2.75, 3.05) is 20.2 Å². The number of thiocarbonyl (C=S) groups is 1. The molecule has 1 amide bonds. The fourth-order valence-electron chi connectivity index (χ4n) is 1.57. The van der Waals surface area contributed by atoms with Gasteiger partial charge in [-0.2, -0.15) is 0 Å². The molecule has 0 bridgehead atoms. The van der Waals surface area contributed by atoms with E-state index in [1.54, 1.807) is 11.9 Å². The molecule has 6 heteroatoms. The van der Waals surface area contributed by atoms with Gasteiger partial charge in [-0.25, -0.2) is 0 Å². The summed E-state index contributed by atoms with van der Waals surface area (Å²) in [7, 11) is 1.74. The molecule has 0 heterocycles. The fourth-order valence-corrected chi connectivity index (χ4v) is 2.00. The Hall–Kier alpha value is -1.14. The second-order valence-electron chi connectivity index (χ2n) is 4.54. The topological polar surface area (TPSA) is 55.6 Å². The van der Waals surface area contributed by atoms with E-state index in [0.29, 0.717) is 31.0 Å². The maximum absolute atomic E-state index is 11.9. The molecule has 110 valence electrons. The average molecular weight is 359 g/mol. The number of aryl methyl sites for hydroxylation is 1. The molecule has 0 fully saturated rings. The van der Waals surface area contributed by atoms with E-state index in [9.17, 15) is 4.79 Å². The molecular formula is C14H19BrN2O2S. The van der Waals surface area contributed by atoms with E-state index in [2.05, 4.69) is 15.9 Å². The Morgan fingerprint density at radius 3 is 2.80 bits per heavy atom. The highest BCUT2D eigenvalue weighted by molar-refractivity contribution is 9.10. The average Bonchev–Trinajstić information content (AvgIpc) is 2.39. The molecule has 1 rings (SSSR count). The fraction of sp³-hybridized carbons (Fsp3) is 0.429. The van der Waals surface area contributed by atoms with Crippen LogP contribution < -0.4 is 10.5 Å². The normalized spacial score (nSPS) is 10.2. The number of amides is 1. The molecule has 0 saturated carbocycles. The van der Waals surface area contributed by atoms with Gasteiger partial charge in [0, 0.05) is 24.5 Å². The van der Waals surface area contributed by atoms with Crippen molar-refractivity contribution in [3.63, 3.8) is 0 Å². The van der Waals surface area contributed by atoms with Crippen LogP contribution in [0.25, 0.3) is 0 Å². The van der Waals surface area contributed by atoms with Crippen molar-refractivity contribution in [1.82, 2.24) is 4.90 Å². The number of nitrogens with two attached hydrogens (primary N) is 1. The zero-order valence-electron chi connectivity index (χ0n) is 11.7. The van der Waals surface area contributed by atoms with Crippen molar-refractivity contribution in [3.8, 4) is 5.75 Å². The van der Waals surface area contributed by atoms with Gasteiger partial charge in [-0.15, -0.1) is 0 Å². The Morgan fingerprint density at radius 1 is 1.45 bits per heavy atom. The smallest absolute Gasteiger partial charge is 0.225 e. The summed E-state index contributed by atoms with van der Waals surface area (Å²) in [6.07, 6.45) is 0.878. The number of rotatable bonds is 7. The largest absolute Gasteiger partial charge is 0.493 e. The minimum Gasteiger partial charge on any atom is -0.493 e. The van der Waals surface area contributed by atoms with Crippen molar-refractivity contribution in [2.45, 2.75) is 19.8 Å². The van der Waals surface area contributed by atoms with Gasteiger partial charge in [-0.05, 0) is 24.6 Å². The lowest BCUT2D eigenvalue weighted by atomic mass is 10.2. The predicted octanol–water partition coefficient (Wildman–Crippen LogP) is 2.66. The highest BCUT2D eigenvalue weighted by atomic mass is 79.9. The number of carbonyl (C=O) groups excluding carboxylic acids is 1. The van der Waals surface area contributed by atoms with Crippen LogP contribution in [0.4, 0.5) is 0 Å². The Morgan fingerprint density at radius 2 is 2.15 bits per heavy atom. The highest BCUT2D eigenvalue weighted by Gasteiger charge is 2.09. The van der Waals surface area contributed by atoms with Crippen molar-refractivity contribution >= 4 is 39.0 Å². The molecule has 2 N–H and O–H groups in total. The quantitative estimate of drug-likeness (QED) is 0.761. The predicted molar refractivity (Wildman–Crippen MR) is 88.0 cm³/mol. The van der Waals surface area contributed by atoms with Crippen LogP contribution in [-0.2, 0) is 4.79 Å². The SMILES string of the molecule is Cc1ccc(Br)cc1OCCC(=O)N(C)CCC(N)=S. The summed E-state index contributed by atoms with van der Waals surface area (Å²) >= 11 is 8.18. The van der Waals surface area contributed by atoms with E-state index < -0.39 is 0 Å². The molecule has 0 aliphatic heterocycles. The number of hydrogen-bond donors (Lipinski definition) is 1. The molecular weight excluding hydrogens is 340 g/mol. The summed E-state index contributed by atoms with van der Waals surface area (Å²) in [5.41, 5.74) is 6.46. The maximum Gasteiger partial charge on any atom is 0.225 e. The summed E-state index contributed by atoms with van der Waals surface area (Å²) in [6, 6.07) is 5.82. The van der Waals surface area contributed by atoms with E-state index in [0.717, 1.165) is 15.8 Å². The first-order valence-corrected chi connectivity index (χ1v) is 7.51. The van der Waals surface area contributed by atoms with Gasteiger partial charge in [0.15, 0.2) is 0 Å². The Kier molecular flexibility index (Phi) is 6.95. The first-order valence-electron chi connectivity index (χ1n) is 6.31. The lowest BCUT2D eigenvalue weighted by Gasteiger charge is -2.17. The molecule has 1 aromatic carbocycles. The Bertz CT molecular complexity index is 494. The molecule has 0 aliphatic carbocycles. The molecule has 20 heavy (non-hydrogen) atoms. The van der Waals surface area contributed by atoms with Gasteiger partial charge in [-0.3, -0.25) is 4.79 Å². The van der Waals surface area contributed by atoms with Crippen LogP contribution in [-0.4, -0.2) is 36.0 Å². The second-order valence-corrected chi connectivity index (χ2v) is 5.98. The second kappa shape index (κ2) is 8.21. The molecule has 0 spiro atoms. The molecule has 0 unspecified atom stereocenters.